The highest BCUT2D eigenvalue weighted by atomic mass is 16.5. The number of hydrogen-bond donors (Lipinski definition) is 1. The maximum atomic E-state index is 12.7. The number of fused-ring (bicyclic) bond motifs is 1. The molecule has 1 amide bonds. The van der Waals surface area contributed by atoms with Crippen molar-refractivity contribution in [1.82, 2.24) is 19.7 Å². The van der Waals surface area contributed by atoms with Crippen molar-refractivity contribution < 1.29 is 19.4 Å². The summed E-state index contributed by atoms with van der Waals surface area (Å²) < 4.78 is 7.02. The molecule has 1 saturated heterocycles. The zero-order valence-corrected chi connectivity index (χ0v) is 14.3. The largest absolute Gasteiger partial charge is 0.476 e. The van der Waals surface area contributed by atoms with Crippen LogP contribution in [0.25, 0.3) is 0 Å². The smallest absolute Gasteiger partial charge is 0.356 e. The molecule has 136 valence electrons. The molecule has 2 aliphatic heterocycles. The Bertz CT molecular complexity index is 827. The van der Waals surface area contributed by atoms with Gasteiger partial charge in [-0.05, 0) is 18.6 Å². The van der Waals surface area contributed by atoms with Crippen LogP contribution in [-0.2, 0) is 29.0 Å². The molecule has 26 heavy (non-hydrogen) atoms. The van der Waals surface area contributed by atoms with Crippen molar-refractivity contribution in [3.05, 3.63) is 47.0 Å². The molecule has 8 heteroatoms. The highest BCUT2D eigenvalue weighted by molar-refractivity contribution is 5.88. The molecule has 0 saturated carbocycles. The standard InChI is InChI=1S/C18H20N4O4/c23-17(12-5-8-26-11-12)21-7-4-15-14(10-21)16(18(24)25)20-22(15)9-13-3-1-2-6-19-13/h1-3,6,12H,4-5,7-11H2,(H,24,25). The average Bonchev–Trinajstić information content (AvgIpc) is 3.30. The number of pyridine rings is 1. The summed E-state index contributed by atoms with van der Waals surface area (Å²) in [6.07, 6.45) is 3.02. The molecule has 0 spiro atoms. The lowest BCUT2D eigenvalue weighted by molar-refractivity contribution is -0.136. The van der Waals surface area contributed by atoms with Gasteiger partial charge >= 0.3 is 5.97 Å². The summed E-state index contributed by atoms with van der Waals surface area (Å²) in [4.78, 5) is 30.3. The van der Waals surface area contributed by atoms with E-state index in [1.807, 2.05) is 18.2 Å². The fraction of sp³-hybridized carbons (Fsp3) is 0.444. The van der Waals surface area contributed by atoms with Gasteiger partial charge in [0.05, 0.1) is 24.8 Å². The molecule has 2 aliphatic rings. The number of nitrogens with zero attached hydrogens (tertiary/aromatic N) is 4. The third kappa shape index (κ3) is 3.08. The van der Waals surface area contributed by atoms with Gasteiger partial charge in [0.2, 0.25) is 5.91 Å². The third-order valence-electron chi connectivity index (χ3n) is 4.97. The highest BCUT2D eigenvalue weighted by Crippen LogP contribution is 2.26. The zero-order chi connectivity index (χ0) is 18.1. The van der Waals surface area contributed by atoms with Gasteiger partial charge in [-0.25, -0.2) is 4.79 Å². The van der Waals surface area contributed by atoms with E-state index >= 15 is 0 Å². The van der Waals surface area contributed by atoms with Crippen molar-refractivity contribution in [2.75, 3.05) is 19.8 Å². The number of hydrogen-bond acceptors (Lipinski definition) is 5. The number of carbonyl (C=O) groups is 2. The number of aromatic nitrogens is 3. The molecule has 8 nitrogen and oxygen atoms in total. The summed E-state index contributed by atoms with van der Waals surface area (Å²) >= 11 is 0. The van der Waals surface area contributed by atoms with Gasteiger partial charge in [-0.1, -0.05) is 6.07 Å². The fourth-order valence-corrected chi connectivity index (χ4v) is 3.61. The van der Waals surface area contributed by atoms with E-state index in [2.05, 4.69) is 10.1 Å². The van der Waals surface area contributed by atoms with Crippen LogP contribution in [0.5, 0.6) is 0 Å². The molecule has 2 aromatic rings. The Kier molecular flexibility index (Phi) is 4.42. The Hall–Kier alpha value is -2.74. The van der Waals surface area contributed by atoms with Crippen molar-refractivity contribution in [3.8, 4) is 0 Å². The predicted octanol–water partition coefficient (Wildman–Crippen LogP) is 0.946. The Morgan fingerprint density at radius 3 is 2.92 bits per heavy atom. The zero-order valence-electron chi connectivity index (χ0n) is 14.3. The predicted molar refractivity (Wildman–Crippen MR) is 90.6 cm³/mol. The van der Waals surface area contributed by atoms with Crippen molar-refractivity contribution in [2.45, 2.75) is 25.9 Å². The number of rotatable bonds is 4. The number of ether oxygens (including phenoxy) is 1. The van der Waals surface area contributed by atoms with Gasteiger partial charge in [-0.2, -0.15) is 5.10 Å². The lowest BCUT2D eigenvalue weighted by atomic mass is 10.0. The van der Waals surface area contributed by atoms with Crippen molar-refractivity contribution in [1.29, 1.82) is 0 Å². The number of aromatic carboxylic acids is 1. The first-order valence-corrected chi connectivity index (χ1v) is 8.72. The third-order valence-corrected chi connectivity index (χ3v) is 4.97. The van der Waals surface area contributed by atoms with Gasteiger partial charge < -0.3 is 14.7 Å². The van der Waals surface area contributed by atoms with E-state index in [0.29, 0.717) is 38.3 Å². The van der Waals surface area contributed by atoms with Crippen molar-refractivity contribution in [2.24, 2.45) is 5.92 Å². The van der Waals surface area contributed by atoms with Crippen molar-refractivity contribution >= 4 is 11.9 Å². The van der Waals surface area contributed by atoms with E-state index in [0.717, 1.165) is 17.8 Å². The van der Waals surface area contributed by atoms with Crippen LogP contribution in [0.15, 0.2) is 24.4 Å². The number of amides is 1. The lowest BCUT2D eigenvalue weighted by Crippen LogP contribution is -2.40. The van der Waals surface area contributed by atoms with E-state index in [9.17, 15) is 14.7 Å². The van der Waals surface area contributed by atoms with E-state index < -0.39 is 5.97 Å². The van der Waals surface area contributed by atoms with E-state index in [4.69, 9.17) is 4.74 Å². The Balaban J connectivity index is 1.61. The molecule has 4 rings (SSSR count). The highest BCUT2D eigenvalue weighted by Gasteiger charge is 2.34. The molecule has 0 aromatic carbocycles. The van der Waals surface area contributed by atoms with Gasteiger partial charge in [-0.3, -0.25) is 14.5 Å². The van der Waals surface area contributed by atoms with Crippen LogP contribution in [0.4, 0.5) is 0 Å². The molecular weight excluding hydrogens is 336 g/mol. The molecule has 2 aromatic heterocycles. The van der Waals surface area contributed by atoms with Crippen LogP contribution in [0.3, 0.4) is 0 Å². The van der Waals surface area contributed by atoms with Gasteiger partial charge in [-0.15, -0.1) is 0 Å². The summed E-state index contributed by atoms with van der Waals surface area (Å²) in [6.45, 7) is 2.33. The molecular formula is C18H20N4O4. The van der Waals surface area contributed by atoms with Crippen LogP contribution in [0, 0.1) is 5.92 Å². The Labute approximate surface area is 150 Å². The molecule has 0 bridgehead atoms. The average molecular weight is 356 g/mol. The summed E-state index contributed by atoms with van der Waals surface area (Å²) in [5.41, 5.74) is 2.35. The van der Waals surface area contributed by atoms with Crippen LogP contribution < -0.4 is 0 Å². The van der Waals surface area contributed by atoms with E-state index in [1.165, 1.54) is 0 Å². The molecule has 0 radical (unpaired) electrons. The topological polar surface area (TPSA) is 97.5 Å². The maximum Gasteiger partial charge on any atom is 0.356 e. The van der Waals surface area contributed by atoms with Gasteiger partial charge in [0.1, 0.15) is 0 Å². The van der Waals surface area contributed by atoms with Crippen molar-refractivity contribution in [3.63, 3.8) is 0 Å². The summed E-state index contributed by atoms with van der Waals surface area (Å²) in [5.74, 6) is -1.14. The normalized spacial score (nSPS) is 19.4. The summed E-state index contributed by atoms with van der Waals surface area (Å²) in [7, 11) is 0. The molecule has 4 heterocycles. The molecule has 1 N–H and O–H groups in total. The van der Waals surface area contributed by atoms with Gasteiger partial charge in [0.15, 0.2) is 5.69 Å². The minimum Gasteiger partial charge on any atom is -0.476 e. The number of carboxylic acid groups (broad SMARTS) is 1. The van der Waals surface area contributed by atoms with E-state index in [-0.39, 0.29) is 24.1 Å². The Morgan fingerprint density at radius 2 is 2.23 bits per heavy atom. The SMILES string of the molecule is O=C(O)c1nn(Cc2ccccn2)c2c1CN(C(=O)C1CCOC1)CC2. The minimum atomic E-state index is -1.07. The monoisotopic (exact) mass is 356 g/mol. The molecule has 1 atom stereocenters. The Morgan fingerprint density at radius 1 is 1.35 bits per heavy atom. The second-order valence-corrected chi connectivity index (χ2v) is 6.63. The first-order valence-electron chi connectivity index (χ1n) is 8.72. The second-order valence-electron chi connectivity index (χ2n) is 6.63. The van der Waals surface area contributed by atoms with Gasteiger partial charge in [0.25, 0.3) is 0 Å². The maximum absolute atomic E-state index is 12.7. The minimum absolute atomic E-state index is 0.0242. The fourth-order valence-electron chi connectivity index (χ4n) is 3.61. The number of carbonyl (C=O) groups excluding carboxylic acids is 1. The second kappa shape index (κ2) is 6.87. The molecule has 1 fully saturated rings. The lowest BCUT2D eigenvalue weighted by Gasteiger charge is -2.29. The summed E-state index contributed by atoms with van der Waals surface area (Å²) in [5, 5.41) is 13.8. The van der Waals surface area contributed by atoms with Crippen LogP contribution in [-0.4, -0.2) is 56.4 Å². The van der Waals surface area contributed by atoms with Gasteiger partial charge in [0, 0.05) is 43.6 Å². The van der Waals surface area contributed by atoms with E-state index in [1.54, 1.807) is 15.8 Å². The molecule has 1 unspecified atom stereocenters. The molecule has 0 aliphatic carbocycles. The number of carboxylic acids is 1. The van der Waals surface area contributed by atoms with Crippen LogP contribution in [0.1, 0.15) is 33.9 Å². The first kappa shape index (κ1) is 16.7. The van der Waals surface area contributed by atoms with Crippen LogP contribution in [0.2, 0.25) is 0 Å². The summed E-state index contributed by atoms with van der Waals surface area (Å²) in [6, 6.07) is 5.61. The quantitative estimate of drug-likeness (QED) is 0.876. The first-order chi connectivity index (χ1) is 12.6. The van der Waals surface area contributed by atoms with Crippen LogP contribution >= 0.6 is 0 Å².